The number of fused-ring (bicyclic) bond motifs is 1. The fourth-order valence-electron chi connectivity index (χ4n) is 2.76. The number of nitrogens with zero attached hydrogens (tertiary/aromatic N) is 2. The molecule has 0 unspecified atom stereocenters. The van der Waals surface area contributed by atoms with Crippen molar-refractivity contribution in [3.63, 3.8) is 0 Å². The van der Waals surface area contributed by atoms with Gasteiger partial charge in [-0.2, -0.15) is 4.98 Å². The van der Waals surface area contributed by atoms with Crippen LogP contribution in [0.5, 0.6) is 0 Å². The van der Waals surface area contributed by atoms with Crippen LogP contribution in [0.15, 0.2) is 18.2 Å². The van der Waals surface area contributed by atoms with E-state index in [-0.39, 0.29) is 5.95 Å². The summed E-state index contributed by atoms with van der Waals surface area (Å²) >= 11 is 0. The molecule has 0 amide bonds. The number of rotatable bonds is 3. The Balaban J connectivity index is 1.80. The molecule has 5 nitrogen and oxygen atoms in total. The van der Waals surface area contributed by atoms with Crippen LogP contribution in [0.3, 0.4) is 0 Å². The van der Waals surface area contributed by atoms with Gasteiger partial charge >= 0.3 is 0 Å². The minimum atomic E-state index is 0.219. The van der Waals surface area contributed by atoms with Crippen molar-refractivity contribution in [2.75, 3.05) is 23.3 Å². The van der Waals surface area contributed by atoms with Crippen LogP contribution in [0.4, 0.5) is 17.5 Å². The average Bonchev–Trinajstić information content (AvgIpc) is 2.89. The summed E-state index contributed by atoms with van der Waals surface area (Å²) in [4.78, 5) is 8.17. The van der Waals surface area contributed by atoms with Crippen LogP contribution in [0.2, 0.25) is 0 Å². The smallest absolute Gasteiger partial charge is 0.222 e. The summed E-state index contributed by atoms with van der Waals surface area (Å²) < 4.78 is 0. The highest BCUT2D eigenvalue weighted by molar-refractivity contribution is 5.91. The van der Waals surface area contributed by atoms with Gasteiger partial charge in [-0.25, -0.2) is 4.98 Å². The number of hydrogen-bond donors (Lipinski definition) is 3. The number of benzene rings is 1. The van der Waals surface area contributed by atoms with E-state index < -0.39 is 0 Å². The first-order valence-corrected chi connectivity index (χ1v) is 6.79. The normalized spacial score (nSPS) is 16.0. The minimum absolute atomic E-state index is 0.219. The van der Waals surface area contributed by atoms with Gasteiger partial charge in [-0.05, 0) is 37.0 Å². The lowest BCUT2D eigenvalue weighted by atomic mass is 10.1. The van der Waals surface area contributed by atoms with Crippen LogP contribution in [0.25, 0.3) is 10.9 Å². The van der Waals surface area contributed by atoms with E-state index in [2.05, 4.69) is 15.3 Å². The molecule has 5 N–H and O–H groups in total. The summed E-state index contributed by atoms with van der Waals surface area (Å²) in [5.41, 5.74) is 13.3. The van der Waals surface area contributed by atoms with E-state index in [4.69, 9.17) is 11.5 Å². The summed E-state index contributed by atoms with van der Waals surface area (Å²) in [5, 5.41) is 4.33. The molecule has 1 heterocycles. The Morgan fingerprint density at radius 3 is 2.74 bits per heavy atom. The lowest BCUT2D eigenvalue weighted by molar-refractivity contribution is 0.580. The molecule has 100 valence electrons. The van der Waals surface area contributed by atoms with Crippen molar-refractivity contribution in [3.8, 4) is 0 Å². The zero-order valence-corrected chi connectivity index (χ0v) is 10.9. The van der Waals surface area contributed by atoms with Crippen molar-refractivity contribution in [2.24, 2.45) is 5.92 Å². The highest BCUT2D eigenvalue weighted by Crippen LogP contribution is 2.26. The Morgan fingerprint density at radius 1 is 1.16 bits per heavy atom. The first-order chi connectivity index (χ1) is 9.22. The SMILES string of the molecule is Nc1nc(N)c2cc(NCC3CCCC3)ccc2n1. The van der Waals surface area contributed by atoms with Gasteiger partial charge in [-0.1, -0.05) is 12.8 Å². The lowest BCUT2D eigenvalue weighted by Crippen LogP contribution is -2.11. The summed E-state index contributed by atoms with van der Waals surface area (Å²) in [6, 6.07) is 5.95. The minimum Gasteiger partial charge on any atom is -0.385 e. The summed E-state index contributed by atoms with van der Waals surface area (Å²) in [6.45, 7) is 1.03. The number of anilines is 3. The molecule has 1 aromatic heterocycles. The van der Waals surface area contributed by atoms with Gasteiger partial charge in [0, 0.05) is 17.6 Å². The first kappa shape index (κ1) is 12.0. The molecule has 2 aromatic rings. The Kier molecular flexibility index (Phi) is 3.11. The third-order valence-corrected chi connectivity index (χ3v) is 3.81. The Hall–Kier alpha value is -2.04. The van der Waals surface area contributed by atoms with Crippen molar-refractivity contribution in [3.05, 3.63) is 18.2 Å². The second-order valence-electron chi connectivity index (χ2n) is 5.23. The quantitative estimate of drug-likeness (QED) is 0.785. The maximum atomic E-state index is 5.89. The molecular weight excluding hydrogens is 238 g/mol. The van der Waals surface area contributed by atoms with Crippen LogP contribution in [-0.2, 0) is 0 Å². The zero-order valence-electron chi connectivity index (χ0n) is 10.9. The second-order valence-corrected chi connectivity index (χ2v) is 5.23. The van der Waals surface area contributed by atoms with Crippen molar-refractivity contribution in [1.29, 1.82) is 0 Å². The second kappa shape index (κ2) is 4.91. The van der Waals surface area contributed by atoms with Crippen LogP contribution >= 0.6 is 0 Å². The van der Waals surface area contributed by atoms with E-state index in [1.54, 1.807) is 0 Å². The standard InChI is InChI=1S/C14H19N5/c15-13-11-7-10(17-8-9-3-1-2-4-9)5-6-12(11)18-14(16)19-13/h5-7,9,17H,1-4,8H2,(H4,15,16,18,19). The fourth-order valence-corrected chi connectivity index (χ4v) is 2.76. The predicted molar refractivity (Wildman–Crippen MR) is 78.8 cm³/mol. The molecule has 0 aliphatic heterocycles. The maximum absolute atomic E-state index is 5.89. The van der Waals surface area contributed by atoms with Gasteiger partial charge in [0.1, 0.15) is 5.82 Å². The Labute approximate surface area is 112 Å². The topological polar surface area (TPSA) is 89.8 Å². The highest BCUT2D eigenvalue weighted by Gasteiger charge is 2.14. The molecule has 5 heteroatoms. The van der Waals surface area contributed by atoms with Gasteiger partial charge < -0.3 is 16.8 Å². The monoisotopic (exact) mass is 257 g/mol. The third kappa shape index (κ3) is 2.54. The molecule has 1 saturated carbocycles. The highest BCUT2D eigenvalue weighted by atomic mass is 15.0. The van der Waals surface area contributed by atoms with Gasteiger partial charge in [-0.3, -0.25) is 0 Å². The number of aromatic nitrogens is 2. The average molecular weight is 257 g/mol. The number of hydrogen-bond acceptors (Lipinski definition) is 5. The van der Waals surface area contributed by atoms with Crippen molar-refractivity contribution >= 4 is 28.4 Å². The van der Waals surface area contributed by atoms with Crippen molar-refractivity contribution in [1.82, 2.24) is 9.97 Å². The van der Waals surface area contributed by atoms with Crippen LogP contribution in [0, 0.1) is 5.92 Å². The van der Waals surface area contributed by atoms with Gasteiger partial charge in [0.2, 0.25) is 5.95 Å². The van der Waals surface area contributed by atoms with Crippen molar-refractivity contribution in [2.45, 2.75) is 25.7 Å². The molecule has 0 atom stereocenters. The number of nitrogens with one attached hydrogen (secondary N) is 1. The van der Waals surface area contributed by atoms with Crippen LogP contribution in [0.1, 0.15) is 25.7 Å². The summed E-state index contributed by atoms with van der Waals surface area (Å²) in [6.07, 6.45) is 5.40. The van der Waals surface area contributed by atoms with E-state index >= 15 is 0 Å². The molecule has 1 fully saturated rings. The lowest BCUT2D eigenvalue weighted by Gasteiger charge is -2.12. The molecule has 1 aliphatic carbocycles. The Bertz CT molecular complexity index is 590. The maximum Gasteiger partial charge on any atom is 0.222 e. The fraction of sp³-hybridized carbons (Fsp3) is 0.429. The van der Waals surface area contributed by atoms with E-state index in [1.807, 2.05) is 18.2 Å². The van der Waals surface area contributed by atoms with E-state index in [9.17, 15) is 0 Å². The molecule has 1 aromatic carbocycles. The third-order valence-electron chi connectivity index (χ3n) is 3.81. The predicted octanol–water partition coefficient (Wildman–Crippen LogP) is 2.40. The molecule has 0 spiro atoms. The number of nitrogen functional groups attached to an aromatic ring is 2. The van der Waals surface area contributed by atoms with E-state index in [0.29, 0.717) is 5.82 Å². The van der Waals surface area contributed by atoms with Gasteiger partial charge in [0.25, 0.3) is 0 Å². The van der Waals surface area contributed by atoms with Gasteiger partial charge in [0.05, 0.1) is 5.52 Å². The molecule has 0 bridgehead atoms. The molecule has 0 radical (unpaired) electrons. The van der Waals surface area contributed by atoms with Crippen LogP contribution < -0.4 is 16.8 Å². The number of nitrogens with two attached hydrogens (primary N) is 2. The Morgan fingerprint density at radius 2 is 1.95 bits per heavy atom. The summed E-state index contributed by atoms with van der Waals surface area (Å²) in [5.74, 6) is 1.46. The largest absolute Gasteiger partial charge is 0.385 e. The zero-order chi connectivity index (χ0) is 13.2. The molecule has 1 aliphatic rings. The molecule has 3 rings (SSSR count). The molecular formula is C14H19N5. The van der Waals surface area contributed by atoms with E-state index in [1.165, 1.54) is 25.7 Å². The van der Waals surface area contributed by atoms with Crippen LogP contribution in [-0.4, -0.2) is 16.5 Å². The van der Waals surface area contributed by atoms with Gasteiger partial charge in [0.15, 0.2) is 0 Å². The van der Waals surface area contributed by atoms with Crippen molar-refractivity contribution < 1.29 is 0 Å². The molecule has 19 heavy (non-hydrogen) atoms. The van der Waals surface area contributed by atoms with E-state index in [0.717, 1.165) is 29.1 Å². The molecule has 0 saturated heterocycles. The summed E-state index contributed by atoms with van der Waals surface area (Å²) in [7, 11) is 0. The van der Waals surface area contributed by atoms with Gasteiger partial charge in [-0.15, -0.1) is 0 Å². The first-order valence-electron chi connectivity index (χ1n) is 6.79.